The minimum absolute atomic E-state index is 0. The number of rotatable bonds is 4. The summed E-state index contributed by atoms with van der Waals surface area (Å²) < 4.78 is 37.8. The van der Waals surface area contributed by atoms with Gasteiger partial charge in [-0.2, -0.15) is 13.2 Å². The van der Waals surface area contributed by atoms with Gasteiger partial charge in [0.15, 0.2) is 0 Å². The Labute approximate surface area is 156 Å². The zero-order valence-corrected chi connectivity index (χ0v) is 15.4. The molecule has 0 saturated carbocycles. The van der Waals surface area contributed by atoms with E-state index in [1.165, 1.54) is 0 Å². The maximum atomic E-state index is 12.6. The number of nitrogens with zero attached hydrogens (tertiary/aromatic N) is 1. The lowest BCUT2D eigenvalue weighted by molar-refractivity contribution is -0.138. The highest BCUT2D eigenvalue weighted by molar-refractivity contribution is 6.33. The SMILES string of the molecule is Cl.Cl.FC(F)(F)CC[C@@H](c1cc(Cl)ccc1Cl)N1CCNCC1. The van der Waals surface area contributed by atoms with Gasteiger partial charge in [-0.3, -0.25) is 4.90 Å². The molecule has 9 heteroatoms. The molecule has 1 aromatic rings. The molecule has 1 atom stereocenters. The molecule has 1 saturated heterocycles. The van der Waals surface area contributed by atoms with Gasteiger partial charge in [0.2, 0.25) is 0 Å². The van der Waals surface area contributed by atoms with Crippen molar-refractivity contribution in [3.63, 3.8) is 0 Å². The van der Waals surface area contributed by atoms with Crippen LogP contribution in [0.5, 0.6) is 0 Å². The van der Waals surface area contributed by atoms with E-state index < -0.39 is 12.6 Å². The molecule has 1 N–H and O–H groups in total. The summed E-state index contributed by atoms with van der Waals surface area (Å²) in [4.78, 5) is 2.04. The zero-order valence-electron chi connectivity index (χ0n) is 12.2. The van der Waals surface area contributed by atoms with E-state index >= 15 is 0 Å². The molecule has 1 aromatic carbocycles. The molecule has 0 amide bonds. The van der Waals surface area contributed by atoms with E-state index in [4.69, 9.17) is 23.2 Å². The van der Waals surface area contributed by atoms with Gasteiger partial charge >= 0.3 is 6.18 Å². The Hall–Kier alpha value is 0.0900. The van der Waals surface area contributed by atoms with Gasteiger partial charge in [0.25, 0.3) is 0 Å². The maximum absolute atomic E-state index is 12.6. The number of nitrogens with one attached hydrogen (secondary N) is 1. The quantitative estimate of drug-likeness (QED) is 0.736. The van der Waals surface area contributed by atoms with Crippen molar-refractivity contribution in [2.75, 3.05) is 26.2 Å². The van der Waals surface area contributed by atoms with Crippen LogP contribution in [0.1, 0.15) is 24.4 Å². The number of halogens is 7. The van der Waals surface area contributed by atoms with Crippen molar-refractivity contribution in [3.8, 4) is 0 Å². The number of hydrogen-bond acceptors (Lipinski definition) is 2. The van der Waals surface area contributed by atoms with Gasteiger partial charge in [0, 0.05) is 48.7 Å². The van der Waals surface area contributed by atoms with Gasteiger partial charge in [0.05, 0.1) is 0 Å². The molecule has 0 spiro atoms. The summed E-state index contributed by atoms with van der Waals surface area (Å²) in [5.41, 5.74) is 0.676. The average Bonchev–Trinajstić information content (AvgIpc) is 2.43. The van der Waals surface area contributed by atoms with E-state index in [9.17, 15) is 13.2 Å². The first-order chi connectivity index (χ1) is 9.87. The standard InChI is InChI=1S/C14H17Cl2F3N2.2ClH/c15-10-1-2-12(16)11(9-10)13(3-4-14(17,18)19)21-7-5-20-6-8-21;;/h1-2,9,13,20H,3-8H2;2*1H/t13-;;/m0../s1. The Kier molecular flexibility index (Phi) is 10.2. The Morgan fingerprint density at radius 2 is 1.74 bits per heavy atom. The second-order valence-corrected chi connectivity index (χ2v) is 5.97. The lowest BCUT2D eigenvalue weighted by atomic mass is 9.99. The molecule has 2 rings (SSSR count). The summed E-state index contributed by atoms with van der Waals surface area (Å²) in [5.74, 6) is 0. The van der Waals surface area contributed by atoms with Crippen LogP contribution in [0.3, 0.4) is 0 Å². The highest BCUT2D eigenvalue weighted by Gasteiger charge is 2.32. The van der Waals surface area contributed by atoms with Gasteiger partial charge in [-0.05, 0) is 30.2 Å². The predicted octanol–water partition coefficient (Wildman–Crippen LogP) is 5.13. The third-order valence-corrected chi connectivity index (χ3v) is 4.19. The molecule has 2 nitrogen and oxygen atoms in total. The van der Waals surface area contributed by atoms with Crippen molar-refractivity contribution >= 4 is 48.0 Å². The van der Waals surface area contributed by atoms with Crippen LogP contribution in [0.15, 0.2) is 18.2 Å². The fraction of sp³-hybridized carbons (Fsp3) is 0.571. The van der Waals surface area contributed by atoms with Crippen LogP contribution < -0.4 is 5.32 Å². The largest absolute Gasteiger partial charge is 0.389 e. The number of piperazine rings is 1. The lowest BCUT2D eigenvalue weighted by Crippen LogP contribution is -2.45. The van der Waals surface area contributed by atoms with E-state index in [1.54, 1.807) is 18.2 Å². The molecule has 0 aliphatic carbocycles. The molecule has 0 radical (unpaired) electrons. The van der Waals surface area contributed by atoms with Crippen LogP contribution in [0.25, 0.3) is 0 Å². The molecule has 1 fully saturated rings. The average molecular weight is 414 g/mol. The number of alkyl halides is 3. The molecule has 1 aliphatic rings. The van der Waals surface area contributed by atoms with Gasteiger partial charge in [-0.1, -0.05) is 23.2 Å². The Bertz CT molecular complexity index is 480. The lowest BCUT2D eigenvalue weighted by Gasteiger charge is -2.36. The van der Waals surface area contributed by atoms with Crippen LogP contribution in [0.4, 0.5) is 13.2 Å². The maximum Gasteiger partial charge on any atom is 0.389 e. The first-order valence-corrected chi connectivity index (χ1v) is 7.59. The van der Waals surface area contributed by atoms with Crippen molar-refractivity contribution < 1.29 is 13.2 Å². The summed E-state index contributed by atoms with van der Waals surface area (Å²) in [5, 5.41) is 4.15. The van der Waals surface area contributed by atoms with Crippen molar-refractivity contribution in [2.45, 2.75) is 25.1 Å². The first kappa shape index (κ1) is 23.1. The van der Waals surface area contributed by atoms with Gasteiger partial charge in [-0.15, -0.1) is 24.8 Å². The van der Waals surface area contributed by atoms with Crippen LogP contribution >= 0.6 is 48.0 Å². The molecule has 0 bridgehead atoms. The van der Waals surface area contributed by atoms with E-state index in [2.05, 4.69) is 5.32 Å². The Morgan fingerprint density at radius 1 is 1.13 bits per heavy atom. The van der Waals surface area contributed by atoms with Crippen molar-refractivity contribution in [1.29, 1.82) is 0 Å². The second kappa shape index (κ2) is 10.2. The minimum Gasteiger partial charge on any atom is -0.314 e. The molecule has 0 unspecified atom stereocenters. The van der Waals surface area contributed by atoms with Crippen LogP contribution in [0.2, 0.25) is 10.0 Å². The molecule has 1 aliphatic heterocycles. The van der Waals surface area contributed by atoms with E-state index in [1.807, 2.05) is 4.90 Å². The molecule has 1 heterocycles. The fourth-order valence-electron chi connectivity index (χ4n) is 2.60. The highest BCUT2D eigenvalue weighted by Crippen LogP contribution is 2.36. The van der Waals surface area contributed by atoms with E-state index in [0.29, 0.717) is 28.7 Å². The molecular formula is C14H19Cl4F3N2. The molecule has 23 heavy (non-hydrogen) atoms. The predicted molar refractivity (Wildman–Crippen MR) is 93.4 cm³/mol. The van der Waals surface area contributed by atoms with Gasteiger partial charge in [0.1, 0.15) is 0 Å². The fourth-order valence-corrected chi connectivity index (χ4v) is 3.02. The van der Waals surface area contributed by atoms with Gasteiger partial charge in [-0.25, -0.2) is 0 Å². The minimum atomic E-state index is -4.17. The number of benzene rings is 1. The van der Waals surface area contributed by atoms with E-state index in [-0.39, 0.29) is 37.3 Å². The van der Waals surface area contributed by atoms with Gasteiger partial charge < -0.3 is 5.32 Å². The van der Waals surface area contributed by atoms with Crippen LogP contribution in [-0.2, 0) is 0 Å². The van der Waals surface area contributed by atoms with Crippen LogP contribution in [-0.4, -0.2) is 37.3 Å². The van der Waals surface area contributed by atoms with E-state index in [0.717, 1.165) is 13.1 Å². The van der Waals surface area contributed by atoms with Crippen molar-refractivity contribution in [1.82, 2.24) is 10.2 Å². The summed E-state index contributed by atoms with van der Waals surface area (Å²) in [6, 6.07) is 4.60. The highest BCUT2D eigenvalue weighted by atomic mass is 35.5. The topological polar surface area (TPSA) is 15.3 Å². The normalized spacial score (nSPS) is 17.1. The molecule has 0 aromatic heterocycles. The third-order valence-electron chi connectivity index (χ3n) is 3.61. The molecular weight excluding hydrogens is 395 g/mol. The Balaban J connectivity index is 0.00000242. The smallest absolute Gasteiger partial charge is 0.314 e. The second-order valence-electron chi connectivity index (χ2n) is 5.12. The molecule has 134 valence electrons. The van der Waals surface area contributed by atoms with Crippen molar-refractivity contribution in [2.24, 2.45) is 0 Å². The third kappa shape index (κ3) is 7.24. The first-order valence-electron chi connectivity index (χ1n) is 6.83. The summed E-state index contributed by atoms with van der Waals surface area (Å²) in [7, 11) is 0. The summed E-state index contributed by atoms with van der Waals surface area (Å²) in [6.45, 7) is 2.93. The van der Waals surface area contributed by atoms with Crippen molar-refractivity contribution in [3.05, 3.63) is 33.8 Å². The Morgan fingerprint density at radius 3 is 2.30 bits per heavy atom. The monoisotopic (exact) mass is 412 g/mol. The van der Waals surface area contributed by atoms with Crippen LogP contribution in [0, 0.1) is 0 Å². The summed E-state index contributed by atoms with van der Waals surface area (Å²) >= 11 is 12.2. The number of hydrogen-bond donors (Lipinski definition) is 1. The summed E-state index contributed by atoms with van der Waals surface area (Å²) in [6.07, 6.45) is -5.01. The zero-order chi connectivity index (χ0) is 15.5.